The number of hydrogen-bond donors (Lipinski definition) is 1. The Morgan fingerprint density at radius 2 is 2.00 bits per heavy atom. The molecule has 0 bridgehead atoms. The monoisotopic (exact) mass is 265 g/mol. The molecule has 6 heteroatoms. The van der Waals surface area contributed by atoms with Gasteiger partial charge in [-0.1, -0.05) is 6.07 Å². The van der Waals surface area contributed by atoms with Gasteiger partial charge in [-0.3, -0.25) is 9.48 Å². The second kappa shape index (κ2) is 5.17. The molecule has 1 amide bonds. The first-order chi connectivity index (χ1) is 8.97. The molecule has 1 aromatic carbocycles. The highest BCUT2D eigenvalue weighted by molar-refractivity contribution is 5.92. The van der Waals surface area contributed by atoms with Crippen molar-refractivity contribution in [3.63, 3.8) is 0 Å². The van der Waals surface area contributed by atoms with Crippen molar-refractivity contribution in [1.29, 1.82) is 0 Å². The van der Waals surface area contributed by atoms with Crippen LogP contribution in [-0.4, -0.2) is 15.7 Å². The Kier molecular flexibility index (Phi) is 3.59. The minimum absolute atomic E-state index is 0.00507. The van der Waals surface area contributed by atoms with E-state index in [0.29, 0.717) is 5.69 Å². The first kappa shape index (κ1) is 13.2. The van der Waals surface area contributed by atoms with E-state index >= 15 is 0 Å². The summed E-state index contributed by atoms with van der Waals surface area (Å²) in [5, 5.41) is 6.33. The van der Waals surface area contributed by atoms with Crippen molar-refractivity contribution in [1.82, 2.24) is 9.78 Å². The van der Waals surface area contributed by atoms with Crippen LogP contribution in [-0.2, 0) is 18.3 Å². The topological polar surface area (TPSA) is 46.9 Å². The van der Waals surface area contributed by atoms with Crippen LogP contribution in [0.15, 0.2) is 24.3 Å². The van der Waals surface area contributed by atoms with Crippen LogP contribution in [0.4, 0.5) is 14.5 Å². The van der Waals surface area contributed by atoms with Crippen LogP contribution in [0.5, 0.6) is 0 Å². The number of amides is 1. The highest BCUT2D eigenvalue weighted by atomic mass is 19.1. The Hall–Kier alpha value is -2.24. The maximum Gasteiger partial charge on any atom is 0.230 e. The zero-order valence-corrected chi connectivity index (χ0v) is 10.6. The average Bonchev–Trinajstić information content (AvgIpc) is 2.63. The van der Waals surface area contributed by atoms with Crippen molar-refractivity contribution in [3.05, 3.63) is 47.3 Å². The normalized spacial score (nSPS) is 10.5. The van der Waals surface area contributed by atoms with Crippen LogP contribution >= 0.6 is 0 Å². The molecule has 0 aliphatic rings. The van der Waals surface area contributed by atoms with Crippen LogP contribution < -0.4 is 5.32 Å². The van der Waals surface area contributed by atoms with E-state index in [0.717, 1.165) is 17.8 Å². The van der Waals surface area contributed by atoms with Gasteiger partial charge in [0, 0.05) is 12.7 Å². The Balaban J connectivity index is 2.12. The maximum absolute atomic E-state index is 13.4. The van der Waals surface area contributed by atoms with Crippen LogP contribution in [0, 0.1) is 18.6 Å². The minimum atomic E-state index is -0.797. The summed E-state index contributed by atoms with van der Waals surface area (Å²) in [6.07, 6.45) is 0.00507. The SMILES string of the molecule is Cc1cc(CC(=O)Nc2c(F)cccc2F)n(C)n1. The van der Waals surface area contributed by atoms with Crippen molar-refractivity contribution < 1.29 is 13.6 Å². The first-order valence-corrected chi connectivity index (χ1v) is 5.70. The fourth-order valence-electron chi connectivity index (χ4n) is 1.80. The van der Waals surface area contributed by atoms with Gasteiger partial charge in [0.1, 0.15) is 17.3 Å². The lowest BCUT2D eigenvalue weighted by Crippen LogP contribution is -2.18. The number of para-hydroxylation sites is 1. The van der Waals surface area contributed by atoms with Gasteiger partial charge in [0.05, 0.1) is 12.1 Å². The van der Waals surface area contributed by atoms with E-state index in [4.69, 9.17) is 0 Å². The highest BCUT2D eigenvalue weighted by Crippen LogP contribution is 2.18. The predicted octanol–water partition coefficient (Wildman–Crippen LogP) is 2.19. The largest absolute Gasteiger partial charge is 0.321 e. The number of benzene rings is 1. The number of aryl methyl sites for hydroxylation is 2. The second-order valence-electron chi connectivity index (χ2n) is 4.22. The summed E-state index contributed by atoms with van der Waals surface area (Å²) >= 11 is 0. The lowest BCUT2D eigenvalue weighted by atomic mass is 10.2. The Morgan fingerprint density at radius 3 is 2.53 bits per heavy atom. The van der Waals surface area contributed by atoms with Crippen molar-refractivity contribution in [2.45, 2.75) is 13.3 Å². The molecule has 4 nitrogen and oxygen atoms in total. The number of halogens is 2. The molecule has 0 atom stereocenters. The van der Waals surface area contributed by atoms with E-state index < -0.39 is 23.2 Å². The summed E-state index contributed by atoms with van der Waals surface area (Å²) in [5.41, 5.74) is 1.03. The number of aromatic nitrogens is 2. The maximum atomic E-state index is 13.4. The summed E-state index contributed by atoms with van der Waals surface area (Å²) < 4.78 is 28.3. The van der Waals surface area contributed by atoms with Gasteiger partial charge in [-0.2, -0.15) is 5.10 Å². The average molecular weight is 265 g/mol. The van der Waals surface area contributed by atoms with Crippen LogP contribution in [0.3, 0.4) is 0 Å². The zero-order valence-electron chi connectivity index (χ0n) is 10.6. The fourth-order valence-corrected chi connectivity index (χ4v) is 1.80. The lowest BCUT2D eigenvalue weighted by molar-refractivity contribution is -0.115. The Labute approximate surface area is 109 Å². The van der Waals surface area contributed by atoms with Crippen molar-refractivity contribution >= 4 is 11.6 Å². The van der Waals surface area contributed by atoms with E-state index in [-0.39, 0.29) is 6.42 Å². The highest BCUT2D eigenvalue weighted by Gasteiger charge is 2.13. The predicted molar refractivity (Wildman–Crippen MR) is 66.6 cm³/mol. The molecule has 0 unspecified atom stereocenters. The van der Waals surface area contributed by atoms with Gasteiger partial charge in [-0.15, -0.1) is 0 Å². The molecule has 2 aromatic rings. The van der Waals surface area contributed by atoms with Gasteiger partial charge in [-0.25, -0.2) is 8.78 Å². The van der Waals surface area contributed by atoms with Gasteiger partial charge in [0.2, 0.25) is 5.91 Å². The van der Waals surface area contributed by atoms with E-state index in [1.165, 1.54) is 6.07 Å². The number of rotatable bonds is 3. The van der Waals surface area contributed by atoms with Gasteiger partial charge >= 0.3 is 0 Å². The number of nitrogens with zero attached hydrogens (tertiary/aromatic N) is 2. The minimum Gasteiger partial charge on any atom is -0.321 e. The number of carbonyl (C=O) groups is 1. The molecule has 0 saturated carbocycles. The summed E-state index contributed by atoms with van der Waals surface area (Å²) in [6, 6.07) is 5.17. The molecule has 0 spiro atoms. The van der Waals surface area contributed by atoms with Crippen LogP contribution in [0.2, 0.25) is 0 Å². The molecule has 0 radical (unpaired) electrons. The molecule has 1 N–H and O–H groups in total. The van der Waals surface area contributed by atoms with Crippen LogP contribution in [0.25, 0.3) is 0 Å². The van der Waals surface area contributed by atoms with E-state index in [9.17, 15) is 13.6 Å². The molecule has 0 saturated heterocycles. The third-order valence-corrected chi connectivity index (χ3v) is 2.67. The van der Waals surface area contributed by atoms with E-state index in [1.54, 1.807) is 24.7 Å². The smallest absolute Gasteiger partial charge is 0.230 e. The van der Waals surface area contributed by atoms with E-state index in [1.807, 2.05) is 0 Å². The molecule has 0 fully saturated rings. The summed E-state index contributed by atoms with van der Waals surface area (Å²) in [5.74, 6) is -2.09. The van der Waals surface area contributed by atoms with Crippen molar-refractivity contribution in [2.75, 3.05) is 5.32 Å². The number of hydrogen-bond acceptors (Lipinski definition) is 2. The zero-order chi connectivity index (χ0) is 14.0. The van der Waals surface area contributed by atoms with Crippen molar-refractivity contribution in [2.24, 2.45) is 7.05 Å². The molecule has 0 aliphatic carbocycles. The summed E-state index contributed by atoms with van der Waals surface area (Å²) in [7, 11) is 1.71. The summed E-state index contributed by atoms with van der Waals surface area (Å²) in [6.45, 7) is 1.80. The Bertz CT molecular complexity index is 602. The van der Waals surface area contributed by atoms with Gasteiger partial charge in [-0.05, 0) is 25.1 Å². The quantitative estimate of drug-likeness (QED) is 0.924. The molecular formula is C13H13F2N3O. The van der Waals surface area contributed by atoms with Crippen LogP contribution in [0.1, 0.15) is 11.4 Å². The van der Waals surface area contributed by atoms with Gasteiger partial charge in [0.15, 0.2) is 0 Å². The molecule has 19 heavy (non-hydrogen) atoms. The molecule has 100 valence electrons. The fraction of sp³-hybridized carbons (Fsp3) is 0.231. The third-order valence-electron chi connectivity index (χ3n) is 2.67. The molecule has 1 aromatic heterocycles. The number of anilines is 1. The third kappa shape index (κ3) is 2.96. The Morgan fingerprint density at radius 1 is 1.37 bits per heavy atom. The van der Waals surface area contributed by atoms with Gasteiger partial charge in [0.25, 0.3) is 0 Å². The molecule has 0 aliphatic heterocycles. The van der Waals surface area contributed by atoms with E-state index in [2.05, 4.69) is 10.4 Å². The lowest BCUT2D eigenvalue weighted by Gasteiger charge is -2.07. The number of carbonyl (C=O) groups excluding carboxylic acids is 1. The molecule has 1 heterocycles. The first-order valence-electron chi connectivity index (χ1n) is 5.70. The van der Waals surface area contributed by atoms with Crippen molar-refractivity contribution in [3.8, 4) is 0 Å². The van der Waals surface area contributed by atoms with Gasteiger partial charge < -0.3 is 5.32 Å². The molecule has 2 rings (SSSR count). The summed E-state index contributed by atoms with van der Waals surface area (Å²) in [4.78, 5) is 11.8. The standard InChI is InChI=1S/C13H13F2N3O/c1-8-6-9(18(2)17-8)7-12(19)16-13-10(14)4-3-5-11(13)15/h3-6H,7H2,1-2H3,(H,16,19). The number of nitrogens with one attached hydrogen (secondary N) is 1. The molecular weight excluding hydrogens is 252 g/mol. The second-order valence-corrected chi connectivity index (χ2v) is 4.22.